The molecule has 2 saturated heterocycles. The van der Waals surface area contributed by atoms with E-state index in [2.05, 4.69) is 20.0 Å². The number of carbonyl (C=O) groups excluding carboxylic acids is 3. The number of piperazine rings is 1. The van der Waals surface area contributed by atoms with E-state index in [0.717, 1.165) is 16.6 Å². The lowest BCUT2D eigenvalue weighted by Crippen LogP contribution is -2.55. The van der Waals surface area contributed by atoms with Gasteiger partial charge in [0.2, 0.25) is 15.9 Å². The molecule has 2 N–H and O–H groups in total. The number of halogens is 2. The number of nitrogens with two attached hydrogens (primary N) is 1. The minimum atomic E-state index is -4.24. The van der Waals surface area contributed by atoms with Crippen molar-refractivity contribution in [1.29, 1.82) is 0 Å². The maximum Gasteiger partial charge on any atom is 0.332 e. The van der Waals surface area contributed by atoms with Crippen molar-refractivity contribution in [2.45, 2.75) is 51.2 Å². The quantitative estimate of drug-likeness (QED) is 0.110. The van der Waals surface area contributed by atoms with Crippen LogP contribution in [0.3, 0.4) is 0 Å². The Hall–Kier alpha value is -4.83. The molecule has 17 heteroatoms. The normalized spacial score (nSPS) is 16.9. The zero-order valence-electron chi connectivity index (χ0n) is 29.2. The predicted octanol–water partition coefficient (Wildman–Crippen LogP) is 4.45. The van der Waals surface area contributed by atoms with Gasteiger partial charge in [0.05, 0.1) is 5.02 Å². The molecule has 6 rings (SSSR count). The number of pyridine rings is 2. The van der Waals surface area contributed by atoms with Crippen LogP contribution in [-0.2, 0) is 31.1 Å². The molecule has 14 nitrogen and oxygen atoms in total. The zero-order chi connectivity index (χ0) is 38.0. The third kappa shape index (κ3) is 7.93. The number of benzene rings is 2. The fourth-order valence-corrected chi connectivity index (χ4v) is 8.99. The molecule has 2 aromatic heterocycles. The van der Waals surface area contributed by atoms with E-state index in [1.165, 1.54) is 41.7 Å². The van der Waals surface area contributed by atoms with Crippen LogP contribution in [-0.4, -0.2) is 94.9 Å². The van der Waals surface area contributed by atoms with Crippen molar-refractivity contribution < 1.29 is 32.4 Å². The predicted molar refractivity (Wildman–Crippen MR) is 198 cm³/mol. The highest BCUT2D eigenvalue weighted by molar-refractivity contribution is 7.89. The lowest BCUT2D eigenvalue weighted by molar-refractivity contribution is -0.141. The van der Waals surface area contributed by atoms with Crippen molar-refractivity contribution in [2.24, 2.45) is 10.9 Å². The van der Waals surface area contributed by atoms with Gasteiger partial charge in [0.15, 0.2) is 5.84 Å². The second kappa shape index (κ2) is 15.6. The Kier molecular flexibility index (Phi) is 11.2. The number of aromatic nitrogens is 2. The van der Waals surface area contributed by atoms with Gasteiger partial charge >= 0.3 is 5.97 Å². The summed E-state index contributed by atoms with van der Waals surface area (Å²) < 4.78 is 35.6. The van der Waals surface area contributed by atoms with Crippen LogP contribution in [0.1, 0.15) is 52.6 Å². The Morgan fingerprint density at radius 3 is 2.43 bits per heavy atom. The van der Waals surface area contributed by atoms with Crippen molar-refractivity contribution in [2.75, 3.05) is 32.7 Å². The van der Waals surface area contributed by atoms with Gasteiger partial charge in [0.25, 0.3) is 5.91 Å². The molecule has 0 radical (unpaired) electrons. The number of carbonyl (C=O) groups is 3. The summed E-state index contributed by atoms with van der Waals surface area (Å²) >= 11 is 13.3. The van der Waals surface area contributed by atoms with Gasteiger partial charge in [-0.05, 0) is 68.7 Å². The molecular formula is C36H37Cl2N7O7S. The van der Waals surface area contributed by atoms with Crippen LogP contribution < -0.4 is 10.5 Å². The van der Waals surface area contributed by atoms with Gasteiger partial charge in [-0.3, -0.25) is 14.6 Å². The average molecular weight is 783 g/mol. The maximum absolute atomic E-state index is 14.2. The van der Waals surface area contributed by atoms with Crippen molar-refractivity contribution in [3.05, 3.63) is 92.9 Å². The van der Waals surface area contributed by atoms with E-state index in [0.29, 0.717) is 35.2 Å². The van der Waals surface area contributed by atoms with Crippen LogP contribution in [0.2, 0.25) is 10.0 Å². The smallest absolute Gasteiger partial charge is 0.332 e. The van der Waals surface area contributed by atoms with E-state index >= 15 is 0 Å². The number of para-hydroxylation sites is 1. The first-order valence-electron chi connectivity index (χ1n) is 16.8. The molecule has 53 heavy (non-hydrogen) atoms. The fraction of sp³-hybridized carbons (Fsp3) is 0.333. The molecule has 278 valence electrons. The molecule has 2 aliphatic rings. The SMILES string of the molecule is CC(=O)ON=C(N)c1ccc(C(=O)N2CCN(C(=O)[C@@H]3CCCN3S(=O)(=O)c3ccc(Cl)c(COc4cccc5c(C)cc(C)nc45)c3Cl)CC2)nc1. The fourth-order valence-electron chi connectivity index (χ4n) is 6.47. The molecule has 0 aliphatic carbocycles. The first kappa shape index (κ1) is 37.9. The molecule has 2 aliphatic heterocycles. The summed E-state index contributed by atoms with van der Waals surface area (Å²) in [6, 6.07) is 12.5. The van der Waals surface area contributed by atoms with Crippen LogP contribution in [0, 0.1) is 13.8 Å². The highest BCUT2D eigenvalue weighted by Gasteiger charge is 2.43. The third-order valence-corrected chi connectivity index (χ3v) is 12.0. The monoisotopic (exact) mass is 781 g/mol. The second-order valence-corrected chi connectivity index (χ2v) is 15.4. The summed E-state index contributed by atoms with van der Waals surface area (Å²) in [6.45, 7) is 5.97. The molecule has 0 bridgehead atoms. The molecule has 4 heterocycles. The second-order valence-electron chi connectivity index (χ2n) is 12.7. The average Bonchev–Trinajstić information content (AvgIpc) is 3.65. The van der Waals surface area contributed by atoms with Gasteiger partial charge in [-0.1, -0.05) is 40.5 Å². The van der Waals surface area contributed by atoms with Crippen LogP contribution in [0.5, 0.6) is 5.75 Å². The van der Waals surface area contributed by atoms with E-state index in [1.807, 2.05) is 32.0 Å². The van der Waals surface area contributed by atoms with E-state index in [-0.39, 0.29) is 77.6 Å². The number of ether oxygens (including phenoxy) is 1. The van der Waals surface area contributed by atoms with E-state index in [1.54, 1.807) is 15.9 Å². The Balaban J connectivity index is 1.12. The van der Waals surface area contributed by atoms with Crippen molar-refractivity contribution in [1.82, 2.24) is 24.1 Å². The summed E-state index contributed by atoms with van der Waals surface area (Å²) in [5.74, 6) is -0.886. The van der Waals surface area contributed by atoms with Crippen molar-refractivity contribution >= 4 is 67.7 Å². The number of aryl methyl sites for hydroxylation is 2. The zero-order valence-corrected chi connectivity index (χ0v) is 31.5. The number of amides is 2. The number of nitrogens with zero attached hydrogens (tertiary/aromatic N) is 6. The summed E-state index contributed by atoms with van der Waals surface area (Å²) in [5.41, 5.74) is 9.15. The maximum atomic E-state index is 14.2. The number of hydrogen-bond donors (Lipinski definition) is 1. The van der Waals surface area contributed by atoms with E-state index in [4.69, 9.17) is 33.7 Å². The summed E-state index contributed by atoms with van der Waals surface area (Å²) in [5, 5.41) is 4.59. The Labute approximate surface area is 316 Å². The van der Waals surface area contributed by atoms with Gasteiger partial charge in [-0.25, -0.2) is 18.2 Å². The molecule has 2 aromatic carbocycles. The summed E-state index contributed by atoms with van der Waals surface area (Å²) in [6.07, 6.45) is 2.17. The molecule has 0 spiro atoms. The van der Waals surface area contributed by atoms with Gasteiger partial charge in [0, 0.05) is 73.1 Å². The van der Waals surface area contributed by atoms with Gasteiger partial charge in [0.1, 0.15) is 34.5 Å². The Morgan fingerprint density at radius 1 is 1.00 bits per heavy atom. The lowest BCUT2D eigenvalue weighted by atomic mass is 10.1. The van der Waals surface area contributed by atoms with Crippen LogP contribution in [0.15, 0.2) is 64.8 Å². The van der Waals surface area contributed by atoms with E-state index < -0.39 is 22.0 Å². The number of fused-ring (bicyclic) bond motifs is 1. The first-order valence-corrected chi connectivity index (χ1v) is 19.0. The van der Waals surface area contributed by atoms with Crippen LogP contribution in [0.4, 0.5) is 0 Å². The molecule has 4 aromatic rings. The van der Waals surface area contributed by atoms with Crippen LogP contribution >= 0.6 is 23.2 Å². The van der Waals surface area contributed by atoms with Crippen molar-refractivity contribution in [3.63, 3.8) is 0 Å². The van der Waals surface area contributed by atoms with Gasteiger partial charge < -0.3 is 25.1 Å². The standard InChI is InChI=1S/C36H37Cl2N7O7S/c1-21-18-22(2)41-33-25(21)6-4-8-30(33)51-20-26-27(37)10-12-31(32(26)38)53(49,50)45-13-5-7-29(45)36(48)44-16-14-43(15-17-44)35(47)28-11-9-24(19-40-28)34(39)42-52-23(3)46/h4,6,8-12,18-19,29H,5,7,13-17,20H2,1-3H3,(H2,39,42)/t29-/m0/s1. The van der Waals surface area contributed by atoms with E-state index in [9.17, 15) is 22.8 Å². The van der Waals surface area contributed by atoms with Crippen molar-refractivity contribution in [3.8, 4) is 5.75 Å². The summed E-state index contributed by atoms with van der Waals surface area (Å²) in [4.78, 5) is 54.3. The number of amidine groups is 1. The summed E-state index contributed by atoms with van der Waals surface area (Å²) in [7, 11) is -4.24. The Morgan fingerprint density at radius 2 is 1.74 bits per heavy atom. The highest BCUT2D eigenvalue weighted by atomic mass is 35.5. The number of rotatable bonds is 9. The lowest BCUT2D eigenvalue weighted by Gasteiger charge is -2.37. The third-order valence-electron chi connectivity index (χ3n) is 9.16. The number of sulfonamides is 1. The Bertz CT molecular complexity index is 2230. The molecule has 2 fully saturated rings. The molecule has 2 amide bonds. The minimum Gasteiger partial charge on any atom is -0.487 e. The van der Waals surface area contributed by atoms with Gasteiger partial charge in [-0.15, -0.1) is 0 Å². The minimum absolute atomic E-state index is 0.0747. The van der Waals surface area contributed by atoms with Crippen LogP contribution in [0.25, 0.3) is 10.9 Å². The highest BCUT2D eigenvalue weighted by Crippen LogP contribution is 2.37. The molecular weight excluding hydrogens is 745 g/mol. The number of hydrogen-bond acceptors (Lipinski definition) is 10. The molecule has 0 saturated carbocycles. The number of oxime groups is 1. The van der Waals surface area contributed by atoms with Gasteiger partial charge in [-0.2, -0.15) is 4.31 Å². The molecule has 0 unspecified atom stereocenters. The topological polar surface area (TPSA) is 178 Å². The molecule has 1 atom stereocenters. The largest absolute Gasteiger partial charge is 0.487 e. The first-order chi connectivity index (χ1) is 25.3.